The second-order valence-corrected chi connectivity index (χ2v) is 6.20. The van der Waals surface area contributed by atoms with Crippen LogP contribution >= 0.6 is 11.6 Å². The fourth-order valence-electron chi connectivity index (χ4n) is 2.92. The van der Waals surface area contributed by atoms with Crippen molar-refractivity contribution in [2.24, 2.45) is 0 Å². The third-order valence-corrected chi connectivity index (χ3v) is 4.67. The number of nitrogens with zero attached hydrogens (tertiary/aromatic N) is 5. The zero-order chi connectivity index (χ0) is 15.4. The Labute approximate surface area is 136 Å². The molecule has 2 aromatic rings. The second kappa shape index (κ2) is 7.22. The SMILES string of the molecule is CC(c1ccc(Cl)cc1)N1CCN(CCn2cncn2)CC1. The Hall–Kier alpha value is -1.43. The molecule has 1 atom stereocenters. The molecule has 6 heteroatoms. The molecular weight excluding hydrogens is 298 g/mol. The lowest BCUT2D eigenvalue weighted by Crippen LogP contribution is -2.47. The van der Waals surface area contributed by atoms with Gasteiger partial charge >= 0.3 is 0 Å². The van der Waals surface area contributed by atoms with Crippen molar-refractivity contribution in [3.8, 4) is 0 Å². The molecule has 1 aromatic carbocycles. The van der Waals surface area contributed by atoms with Crippen LogP contribution in [0.3, 0.4) is 0 Å². The van der Waals surface area contributed by atoms with Crippen molar-refractivity contribution in [3.05, 3.63) is 47.5 Å². The Morgan fingerprint density at radius 3 is 2.45 bits per heavy atom. The minimum Gasteiger partial charge on any atom is -0.299 e. The van der Waals surface area contributed by atoms with Gasteiger partial charge in [0.25, 0.3) is 0 Å². The Morgan fingerprint density at radius 1 is 1.09 bits per heavy atom. The minimum atomic E-state index is 0.440. The molecule has 22 heavy (non-hydrogen) atoms. The van der Waals surface area contributed by atoms with Gasteiger partial charge in [-0.25, -0.2) is 4.98 Å². The molecule has 0 N–H and O–H groups in total. The molecule has 118 valence electrons. The fourth-order valence-corrected chi connectivity index (χ4v) is 3.04. The molecule has 0 radical (unpaired) electrons. The summed E-state index contributed by atoms with van der Waals surface area (Å²) in [6, 6.07) is 8.65. The topological polar surface area (TPSA) is 37.2 Å². The predicted octanol–water partition coefficient (Wildman–Crippen LogP) is 2.31. The summed E-state index contributed by atoms with van der Waals surface area (Å²) < 4.78 is 1.89. The van der Waals surface area contributed by atoms with E-state index in [0.717, 1.165) is 44.3 Å². The average molecular weight is 320 g/mol. The maximum Gasteiger partial charge on any atom is 0.137 e. The summed E-state index contributed by atoms with van der Waals surface area (Å²) in [5.41, 5.74) is 1.33. The highest BCUT2D eigenvalue weighted by Gasteiger charge is 2.21. The van der Waals surface area contributed by atoms with E-state index in [1.54, 1.807) is 12.7 Å². The van der Waals surface area contributed by atoms with E-state index in [1.807, 2.05) is 16.8 Å². The monoisotopic (exact) mass is 319 g/mol. The Morgan fingerprint density at radius 2 is 1.82 bits per heavy atom. The van der Waals surface area contributed by atoms with Crippen molar-refractivity contribution in [2.75, 3.05) is 32.7 Å². The summed E-state index contributed by atoms with van der Waals surface area (Å²) in [6.45, 7) is 8.62. The molecule has 0 bridgehead atoms. The van der Waals surface area contributed by atoms with Crippen LogP contribution in [0.25, 0.3) is 0 Å². The number of hydrogen-bond donors (Lipinski definition) is 0. The van der Waals surface area contributed by atoms with Gasteiger partial charge in [-0.1, -0.05) is 23.7 Å². The molecule has 1 unspecified atom stereocenters. The Kier molecular flexibility index (Phi) is 5.08. The molecular formula is C16H22ClN5. The molecule has 0 aliphatic carbocycles. The van der Waals surface area contributed by atoms with Gasteiger partial charge in [-0.15, -0.1) is 0 Å². The first-order chi connectivity index (χ1) is 10.7. The van der Waals surface area contributed by atoms with E-state index in [1.165, 1.54) is 5.56 Å². The fraction of sp³-hybridized carbons (Fsp3) is 0.500. The summed E-state index contributed by atoms with van der Waals surface area (Å²) in [4.78, 5) is 9.01. The number of halogens is 1. The number of aromatic nitrogens is 3. The van der Waals surface area contributed by atoms with Gasteiger partial charge in [0.1, 0.15) is 12.7 Å². The third-order valence-electron chi connectivity index (χ3n) is 4.42. The molecule has 2 heterocycles. The van der Waals surface area contributed by atoms with Crippen molar-refractivity contribution in [2.45, 2.75) is 19.5 Å². The predicted molar refractivity (Wildman–Crippen MR) is 87.9 cm³/mol. The average Bonchev–Trinajstić information content (AvgIpc) is 3.07. The van der Waals surface area contributed by atoms with Crippen LogP contribution in [0.15, 0.2) is 36.9 Å². The van der Waals surface area contributed by atoms with Crippen LogP contribution in [0, 0.1) is 0 Å². The molecule has 1 aliphatic rings. The molecule has 1 fully saturated rings. The van der Waals surface area contributed by atoms with Crippen LogP contribution in [0.1, 0.15) is 18.5 Å². The van der Waals surface area contributed by atoms with Crippen molar-refractivity contribution in [1.82, 2.24) is 24.6 Å². The van der Waals surface area contributed by atoms with Gasteiger partial charge < -0.3 is 0 Å². The maximum absolute atomic E-state index is 5.97. The van der Waals surface area contributed by atoms with Crippen LogP contribution in [-0.4, -0.2) is 57.3 Å². The quantitative estimate of drug-likeness (QED) is 0.847. The van der Waals surface area contributed by atoms with E-state index in [-0.39, 0.29) is 0 Å². The van der Waals surface area contributed by atoms with Gasteiger partial charge in [-0.3, -0.25) is 14.5 Å². The first-order valence-electron chi connectivity index (χ1n) is 7.76. The Bertz CT molecular complexity index is 561. The molecule has 0 saturated carbocycles. The highest BCUT2D eigenvalue weighted by atomic mass is 35.5. The zero-order valence-corrected chi connectivity index (χ0v) is 13.7. The third kappa shape index (κ3) is 3.85. The van der Waals surface area contributed by atoms with E-state index in [0.29, 0.717) is 6.04 Å². The van der Waals surface area contributed by atoms with Crippen LogP contribution in [0.5, 0.6) is 0 Å². The van der Waals surface area contributed by atoms with Crippen LogP contribution < -0.4 is 0 Å². The smallest absolute Gasteiger partial charge is 0.137 e. The normalized spacial score (nSPS) is 18.5. The van der Waals surface area contributed by atoms with Gasteiger partial charge in [0.15, 0.2) is 0 Å². The summed E-state index contributed by atoms with van der Waals surface area (Å²) in [6.07, 6.45) is 3.37. The first kappa shape index (κ1) is 15.5. The first-order valence-corrected chi connectivity index (χ1v) is 8.14. The lowest BCUT2D eigenvalue weighted by Gasteiger charge is -2.38. The van der Waals surface area contributed by atoms with E-state index < -0.39 is 0 Å². The van der Waals surface area contributed by atoms with Gasteiger partial charge in [-0.2, -0.15) is 5.10 Å². The zero-order valence-electron chi connectivity index (χ0n) is 12.9. The molecule has 0 spiro atoms. The molecule has 1 aromatic heterocycles. The number of benzene rings is 1. The summed E-state index contributed by atoms with van der Waals surface area (Å²) in [5, 5.41) is 4.95. The van der Waals surface area contributed by atoms with Gasteiger partial charge in [0.05, 0.1) is 6.54 Å². The van der Waals surface area contributed by atoms with Gasteiger partial charge in [0.2, 0.25) is 0 Å². The van der Waals surface area contributed by atoms with Crippen molar-refractivity contribution < 1.29 is 0 Å². The summed E-state index contributed by atoms with van der Waals surface area (Å²) in [5.74, 6) is 0. The number of piperazine rings is 1. The van der Waals surface area contributed by atoms with E-state index >= 15 is 0 Å². The van der Waals surface area contributed by atoms with Gasteiger partial charge in [-0.05, 0) is 24.6 Å². The van der Waals surface area contributed by atoms with Crippen LogP contribution in [0.2, 0.25) is 5.02 Å². The standard InChI is InChI=1S/C16H22ClN5/c1-14(15-2-4-16(17)5-3-15)21-9-6-20(7-10-21)8-11-22-13-18-12-19-22/h2-5,12-14H,6-11H2,1H3. The second-order valence-electron chi connectivity index (χ2n) is 5.76. The van der Waals surface area contributed by atoms with Crippen molar-refractivity contribution in [1.29, 1.82) is 0 Å². The summed E-state index contributed by atoms with van der Waals surface area (Å²) in [7, 11) is 0. The molecule has 3 rings (SSSR count). The van der Waals surface area contributed by atoms with E-state index in [9.17, 15) is 0 Å². The maximum atomic E-state index is 5.97. The minimum absolute atomic E-state index is 0.440. The lowest BCUT2D eigenvalue weighted by molar-refractivity contribution is 0.0992. The van der Waals surface area contributed by atoms with E-state index in [2.05, 4.69) is 38.9 Å². The van der Waals surface area contributed by atoms with Crippen molar-refractivity contribution >= 4 is 11.6 Å². The largest absolute Gasteiger partial charge is 0.299 e. The molecule has 0 amide bonds. The van der Waals surface area contributed by atoms with Gasteiger partial charge in [0, 0.05) is 43.8 Å². The molecule has 1 aliphatic heterocycles. The number of rotatable bonds is 5. The molecule has 5 nitrogen and oxygen atoms in total. The van der Waals surface area contributed by atoms with Crippen LogP contribution in [-0.2, 0) is 6.54 Å². The molecule has 1 saturated heterocycles. The highest BCUT2D eigenvalue weighted by Crippen LogP contribution is 2.23. The lowest BCUT2D eigenvalue weighted by atomic mass is 10.1. The summed E-state index contributed by atoms with van der Waals surface area (Å²) >= 11 is 5.97. The Balaban J connectivity index is 1.47. The highest BCUT2D eigenvalue weighted by molar-refractivity contribution is 6.30. The van der Waals surface area contributed by atoms with Crippen molar-refractivity contribution in [3.63, 3.8) is 0 Å². The number of hydrogen-bond acceptors (Lipinski definition) is 4. The van der Waals surface area contributed by atoms with E-state index in [4.69, 9.17) is 11.6 Å². The van der Waals surface area contributed by atoms with Crippen LogP contribution in [0.4, 0.5) is 0 Å².